The number of benzene rings is 2. The normalized spacial score (nSPS) is 11.6. The molecule has 0 unspecified atom stereocenters. The third-order valence-corrected chi connectivity index (χ3v) is 6.83. The number of carbonyl (C=O) groups excluding carboxylic acids is 1. The molecule has 2 aromatic heterocycles. The summed E-state index contributed by atoms with van der Waals surface area (Å²) in [5.74, 6) is -0.242. The summed E-state index contributed by atoms with van der Waals surface area (Å²) in [6, 6.07) is 11.4. The third kappa shape index (κ3) is 3.42. The molecule has 2 heterocycles. The zero-order chi connectivity index (χ0) is 19.9. The van der Waals surface area contributed by atoms with E-state index in [2.05, 4.69) is 9.71 Å². The van der Waals surface area contributed by atoms with Crippen molar-refractivity contribution in [1.29, 1.82) is 0 Å². The second-order valence-electron chi connectivity index (χ2n) is 6.12. The van der Waals surface area contributed by atoms with Crippen molar-refractivity contribution in [2.24, 2.45) is 0 Å². The van der Waals surface area contributed by atoms with E-state index in [9.17, 15) is 13.2 Å². The predicted molar refractivity (Wildman–Crippen MR) is 111 cm³/mol. The first-order valence-corrected chi connectivity index (χ1v) is 10.9. The van der Waals surface area contributed by atoms with Gasteiger partial charge in [0.05, 0.1) is 10.4 Å². The summed E-state index contributed by atoms with van der Waals surface area (Å²) in [4.78, 5) is 16.9. The van der Waals surface area contributed by atoms with Crippen LogP contribution in [0.1, 0.15) is 15.9 Å². The second-order valence-corrected chi connectivity index (χ2v) is 9.10. The van der Waals surface area contributed by atoms with Crippen molar-refractivity contribution < 1.29 is 13.2 Å². The highest BCUT2D eigenvalue weighted by Crippen LogP contribution is 2.25. The molecule has 4 rings (SSSR count). The van der Waals surface area contributed by atoms with Crippen LogP contribution in [0.2, 0.25) is 5.02 Å². The zero-order valence-corrected chi connectivity index (χ0v) is 17.0. The molecule has 0 aliphatic carbocycles. The molecule has 0 saturated heterocycles. The Kier molecular flexibility index (Phi) is 4.70. The number of aryl methyl sites for hydroxylation is 1. The highest BCUT2D eigenvalue weighted by atomic mass is 35.5. The maximum atomic E-state index is 12.8. The molecule has 28 heavy (non-hydrogen) atoms. The lowest BCUT2D eigenvalue weighted by atomic mass is 10.1. The van der Waals surface area contributed by atoms with Crippen molar-refractivity contribution in [2.75, 3.05) is 4.72 Å². The van der Waals surface area contributed by atoms with Gasteiger partial charge in [-0.3, -0.25) is 14.1 Å². The van der Waals surface area contributed by atoms with Gasteiger partial charge in [0, 0.05) is 33.7 Å². The summed E-state index contributed by atoms with van der Waals surface area (Å²) >= 11 is 7.32. The number of thiazole rings is 1. The molecule has 0 spiro atoms. The summed E-state index contributed by atoms with van der Waals surface area (Å²) in [6.07, 6.45) is 3.14. The van der Waals surface area contributed by atoms with Crippen molar-refractivity contribution in [3.8, 4) is 0 Å². The number of aromatic nitrogens is 2. The first-order chi connectivity index (χ1) is 13.3. The molecule has 0 aliphatic rings. The number of anilines is 1. The van der Waals surface area contributed by atoms with E-state index in [1.807, 2.05) is 6.92 Å². The fourth-order valence-electron chi connectivity index (χ4n) is 2.78. The van der Waals surface area contributed by atoms with Crippen molar-refractivity contribution >= 4 is 54.9 Å². The van der Waals surface area contributed by atoms with E-state index >= 15 is 0 Å². The minimum Gasteiger partial charge on any atom is -0.283 e. The highest BCUT2D eigenvalue weighted by molar-refractivity contribution is 7.93. The molecule has 0 amide bonds. The van der Waals surface area contributed by atoms with Crippen molar-refractivity contribution in [1.82, 2.24) is 9.55 Å². The standard InChI is InChI=1S/C19H14ClN3O3S2/c1-12-2-3-14(11-16(12)20)18(24)23-8-6-13-10-15(4-5-17(13)23)28(25,26)22-19-21-7-9-27-19/h2-11H,1H3,(H,21,22). The molecular weight excluding hydrogens is 418 g/mol. The van der Waals surface area contributed by atoms with E-state index in [0.717, 1.165) is 5.56 Å². The monoisotopic (exact) mass is 431 g/mol. The Morgan fingerprint density at radius 3 is 2.71 bits per heavy atom. The molecule has 4 aromatic rings. The SMILES string of the molecule is Cc1ccc(C(=O)n2ccc3cc(S(=O)(=O)Nc4nccs4)ccc32)cc1Cl. The Balaban J connectivity index is 1.70. The van der Waals surface area contributed by atoms with Crippen LogP contribution in [0, 0.1) is 6.92 Å². The summed E-state index contributed by atoms with van der Waals surface area (Å²) in [6.45, 7) is 1.86. The Morgan fingerprint density at radius 2 is 2.00 bits per heavy atom. The average Bonchev–Trinajstić information content (AvgIpc) is 3.32. The fourth-order valence-corrected chi connectivity index (χ4v) is 4.78. The minimum absolute atomic E-state index is 0.0961. The number of halogens is 1. The van der Waals surface area contributed by atoms with Crippen LogP contribution >= 0.6 is 22.9 Å². The number of nitrogens with zero attached hydrogens (tertiary/aromatic N) is 2. The van der Waals surface area contributed by atoms with Crippen LogP contribution in [0.15, 0.2) is 65.1 Å². The van der Waals surface area contributed by atoms with Gasteiger partial charge in [-0.2, -0.15) is 0 Å². The molecule has 2 aromatic carbocycles. The quantitative estimate of drug-likeness (QED) is 0.514. The molecule has 0 fully saturated rings. The average molecular weight is 432 g/mol. The van der Waals surface area contributed by atoms with Gasteiger partial charge >= 0.3 is 0 Å². The second kappa shape index (κ2) is 7.05. The van der Waals surface area contributed by atoms with Crippen LogP contribution in [0.25, 0.3) is 10.9 Å². The Labute approximate surface area is 170 Å². The number of sulfonamides is 1. The summed E-state index contributed by atoms with van der Waals surface area (Å²) in [5.41, 5.74) is 1.95. The minimum atomic E-state index is -3.76. The van der Waals surface area contributed by atoms with E-state index in [1.54, 1.807) is 41.9 Å². The summed E-state index contributed by atoms with van der Waals surface area (Å²) in [7, 11) is -3.76. The van der Waals surface area contributed by atoms with Gasteiger partial charge in [0.25, 0.3) is 15.9 Å². The molecule has 1 N–H and O–H groups in total. The molecule has 0 aliphatic heterocycles. The lowest BCUT2D eigenvalue weighted by molar-refractivity contribution is 0.0965. The van der Waals surface area contributed by atoms with Gasteiger partial charge in [0.1, 0.15) is 0 Å². The van der Waals surface area contributed by atoms with Crippen LogP contribution in [0.3, 0.4) is 0 Å². The zero-order valence-electron chi connectivity index (χ0n) is 14.6. The van der Waals surface area contributed by atoms with Gasteiger partial charge in [0.15, 0.2) is 5.13 Å². The van der Waals surface area contributed by atoms with Gasteiger partial charge in [-0.15, -0.1) is 11.3 Å². The molecule has 0 radical (unpaired) electrons. The van der Waals surface area contributed by atoms with E-state index in [-0.39, 0.29) is 10.8 Å². The van der Waals surface area contributed by atoms with Crippen LogP contribution in [-0.2, 0) is 10.0 Å². The van der Waals surface area contributed by atoms with E-state index in [1.165, 1.54) is 34.2 Å². The van der Waals surface area contributed by atoms with Crippen LogP contribution in [0.5, 0.6) is 0 Å². The summed E-state index contributed by atoms with van der Waals surface area (Å²) < 4.78 is 29.0. The van der Waals surface area contributed by atoms with Gasteiger partial charge in [-0.05, 0) is 48.9 Å². The lowest BCUT2D eigenvalue weighted by Gasteiger charge is -2.08. The first-order valence-electron chi connectivity index (χ1n) is 8.19. The molecule has 0 bridgehead atoms. The number of hydrogen-bond donors (Lipinski definition) is 1. The number of rotatable bonds is 4. The number of hydrogen-bond acceptors (Lipinski definition) is 5. The summed E-state index contributed by atoms with van der Waals surface area (Å²) in [5, 5.41) is 3.13. The van der Waals surface area contributed by atoms with Gasteiger partial charge in [-0.25, -0.2) is 13.4 Å². The Hall–Kier alpha value is -2.68. The molecule has 0 saturated carbocycles. The fraction of sp³-hybridized carbons (Fsp3) is 0.0526. The van der Waals surface area contributed by atoms with E-state index in [4.69, 9.17) is 11.6 Å². The molecule has 142 valence electrons. The number of carbonyl (C=O) groups is 1. The number of fused-ring (bicyclic) bond motifs is 1. The van der Waals surface area contributed by atoms with Crippen molar-refractivity contribution in [3.05, 3.63) is 76.4 Å². The molecular formula is C19H14ClN3O3S2. The number of nitrogens with one attached hydrogen (secondary N) is 1. The Morgan fingerprint density at radius 1 is 1.18 bits per heavy atom. The van der Waals surface area contributed by atoms with E-state index < -0.39 is 10.0 Å². The lowest BCUT2D eigenvalue weighted by Crippen LogP contribution is -2.13. The van der Waals surface area contributed by atoms with Crippen LogP contribution < -0.4 is 4.72 Å². The van der Waals surface area contributed by atoms with Gasteiger partial charge in [0.2, 0.25) is 0 Å². The topological polar surface area (TPSA) is 81.1 Å². The van der Waals surface area contributed by atoms with E-state index in [0.29, 0.717) is 26.6 Å². The first kappa shape index (κ1) is 18.7. The Bertz CT molecular complexity index is 1300. The maximum Gasteiger partial charge on any atom is 0.263 e. The molecule has 0 atom stereocenters. The van der Waals surface area contributed by atoms with Crippen molar-refractivity contribution in [2.45, 2.75) is 11.8 Å². The van der Waals surface area contributed by atoms with Crippen LogP contribution in [0.4, 0.5) is 5.13 Å². The van der Waals surface area contributed by atoms with Gasteiger partial charge in [-0.1, -0.05) is 17.7 Å². The molecule has 6 nitrogen and oxygen atoms in total. The van der Waals surface area contributed by atoms with Crippen LogP contribution in [-0.4, -0.2) is 23.9 Å². The predicted octanol–water partition coefficient (Wildman–Crippen LogP) is 4.55. The maximum absolute atomic E-state index is 12.8. The smallest absolute Gasteiger partial charge is 0.263 e. The molecule has 9 heteroatoms. The van der Waals surface area contributed by atoms with Gasteiger partial charge < -0.3 is 0 Å². The third-order valence-electron chi connectivity index (χ3n) is 4.26. The highest BCUT2D eigenvalue weighted by Gasteiger charge is 2.18. The van der Waals surface area contributed by atoms with Crippen molar-refractivity contribution in [3.63, 3.8) is 0 Å². The largest absolute Gasteiger partial charge is 0.283 e.